The van der Waals surface area contributed by atoms with E-state index in [1.165, 1.54) is 0 Å². The summed E-state index contributed by atoms with van der Waals surface area (Å²) in [7, 11) is 1.61. The Labute approximate surface area is 107 Å². The lowest BCUT2D eigenvalue weighted by Gasteiger charge is -2.10. The number of aldehydes is 1. The summed E-state index contributed by atoms with van der Waals surface area (Å²) < 4.78 is 11.8. The predicted molar refractivity (Wildman–Crippen MR) is 66.4 cm³/mol. The average Bonchev–Trinajstić information content (AvgIpc) is 2.73. The lowest BCUT2D eigenvalue weighted by atomic mass is 10.3. The number of nitrogens with zero attached hydrogens (tertiary/aromatic N) is 1. The molecule has 0 atom stereocenters. The minimum Gasteiger partial charge on any atom is -0.466 e. The Morgan fingerprint density at radius 3 is 2.83 bits per heavy atom. The van der Waals surface area contributed by atoms with Gasteiger partial charge in [0.2, 0.25) is 0 Å². The minimum atomic E-state index is -0.203. The number of methoxy groups -OCH3 is 1. The van der Waals surface area contributed by atoms with Crippen LogP contribution in [-0.4, -0.2) is 30.5 Å². The fourth-order valence-corrected chi connectivity index (χ4v) is 1.79. The van der Waals surface area contributed by atoms with E-state index >= 15 is 0 Å². The molecule has 0 spiro atoms. The number of hydrogen-bond acceptors (Lipinski definition) is 4. The first-order chi connectivity index (χ1) is 8.72. The van der Waals surface area contributed by atoms with Crippen molar-refractivity contribution in [1.29, 1.82) is 0 Å². The van der Waals surface area contributed by atoms with E-state index in [2.05, 4.69) is 0 Å². The summed E-state index contributed by atoms with van der Waals surface area (Å²) in [4.78, 5) is 22.1. The Balaban J connectivity index is 2.56. The molecule has 0 fully saturated rings. The van der Waals surface area contributed by atoms with Gasteiger partial charge in [0, 0.05) is 25.8 Å². The summed E-state index contributed by atoms with van der Waals surface area (Å²) >= 11 is 0. The van der Waals surface area contributed by atoms with Crippen LogP contribution in [0.4, 0.5) is 0 Å². The highest BCUT2D eigenvalue weighted by molar-refractivity contribution is 5.72. The van der Waals surface area contributed by atoms with Gasteiger partial charge in [-0.2, -0.15) is 0 Å². The van der Waals surface area contributed by atoms with Crippen molar-refractivity contribution in [2.75, 3.05) is 13.7 Å². The molecule has 0 radical (unpaired) electrons. The van der Waals surface area contributed by atoms with Gasteiger partial charge in [0.25, 0.3) is 0 Å². The second-order valence-electron chi connectivity index (χ2n) is 3.86. The number of carbonyl (C=O) groups excluding carboxylic acids is 2. The van der Waals surface area contributed by atoms with Crippen molar-refractivity contribution >= 4 is 12.3 Å². The molecule has 0 saturated carbocycles. The third kappa shape index (κ3) is 4.00. The van der Waals surface area contributed by atoms with Crippen molar-refractivity contribution in [2.24, 2.45) is 0 Å². The Kier molecular flexibility index (Phi) is 6.14. The molecule has 100 valence electrons. The van der Waals surface area contributed by atoms with Crippen molar-refractivity contribution in [3.05, 3.63) is 23.5 Å². The Bertz CT molecular complexity index is 398. The third-order valence-electron chi connectivity index (χ3n) is 2.59. The monoisotopic (exact) mass is 253 g/mol. The van der Waals surface area contributed by atoms with Gasteiger partial charge in [-0.1, -0.05) is 0 Å². The fourth-order valence-electron chi connectivity index (χ4n) is 1.79. The van der Waals surface area contributed by atoms with E-state index in [0.29, 0.717) is 38.3 Å². The van der Waals surface area contributed by atoms with E-state index in [-0.39, 0.29) is 5.97 Å². The van der Waals surface area contributed by atoms with Gasteiger partial charge in [-0.05, 0) is 25.5 Å². The van der Waals surface area contributed by atoms with Gasteiger partial charge in [-0.3, -0.25) is 9.59 Å². The third-order valence-corrected chi connectivity index (χ3v) is 2.59. The van der Waals surface area contributed by atoms with Crippen molar-refractivity contribution in [3.8, 4) is 0 Å². The van der Waals surface area contributed by atoms with Crippen LogP contribution in [0.25, 0.3) is 0 Å². The van der Waals surface area contributed by atoms with Gasteiger partial charge in [-0.15, -0.1) is 0 Å². The van der Waals surface area contributed by atoms with Crippen LogP contribution in [0.15, 0.2) is 12.1 Å². The van der Waals surface area contributed by atoms with E-state index in [0.717, 1.165) is 12.0 Å². The molecule has 1 aromatic rings. The van der Waals surface area contributed by atoms with Crippen LogP contribution in [0, 0.1) is 0 Å². The van der Waals surface area contributed by atoms with Crippen molar-refractivity contribution < 1.29 is 19.1 Å². The van der Waals surface area contributed by atoms with E-state index in [1.54, 1.807) is 20.1 Å². The Morgan fingerprint density at radius 2 is 2.22 bits per heavy atom. The number of aromatic nitrogens is 1. The van der Waals surface area contributed by atoms with Gasteiger partial charge in [-0.25, -0.2) is 0 Å². The molecule has 1 rings (SSSR count). The largest absolute Gasteiger partial charge is 0.466 e. The standard InChI is InChI=1S/C13H19NO4/c1-3-18-13(16)5-4-8-14-11(9-15)6-7-12(14)10-17-2/h6-7,9H,3-5,8,10H2,1-2H3. The van der Waals surface area contributed by atoms with Crippen LogP contribution < -0.4 is 0 Å². The average molecular weight is 253 g/mol. The quantitative estimate of drug-likeness (QED) is 0.523. The molecule has 0 unspecified atom stereocenters. The summed E-state index contributed by atoms with van der Waals surface area (Å²) in [5, 5.41) is 0. The van der Waals surface area contributed by atoms with Gasteiger partial charge in [0.15, 0.2) is 6.29 Å². The molecule has 0 aliphatic carbocycles. The molecule has 18 heavy (non-hydrogen) atoms. The van der Waals surface area contributed by atoms with Gasteiger partial charge in [0.1, 0.15) is 0 Å². The molecule has 0 aliphatic rings. The molecule has 0 aromatic carbocycles. The summed E-state index contributed by atoms with van der Waals surface area (Å²) in [5.74, 6) is -0.203. The van der Waals surface area contributed by atoms with Crippen LogP contribution in [0.3, 0.4) is 0 Å². The molecule has 0 bridgehead atoms. The topological polar surface area (TPSA) is 57.5 Å². The Hall–Kier alpha value is -1.62. The number of hydrogen-bond donors (Lipinski definition) is 0. The summed E-state index contributed by atoms with van der Waals surface area (Å²) in [6, 6.07) is 3.61. The second-order valence-corrected chi connectivity index (χ2v) is 3.86. The molecule has 0 aliphatic heterocycles. The van der Waals surface area contributed by atoms with Gasteiger partial charge in [0.05, 0.1) is 18.9 Å². The van der Waals surface area contributed by atoms with Crippen molar-refractivity contribution in [1.82, 2.24) is 4.57 Å². The summed E-state index contributed by atoms with van der Waals surface area (Å²) in [6.45, 7) is 3.24. The molecule has 5 nitrogen and oxygen atoms in total. The van der Waals surface area contributed by atoms with E-state index in [1.807, 2.05) is 10.6 Å². The van der Waals surface area contributed by atoms with Crippen LogP contribution in [0.2, 0.25) is 0 Å². The SMILES string of the molecule is CCOC(=O)CCCn1c(C=O)ccc1COC. The van der Waals surface area contributed by atoms with Crippen LogP contribution in [-0.2, 0) is 27.4 Å². The van der Waals surface area contributed by atoms with Crippen molar-refractivity contribution in [2.45, 2.75) is 32.9 Å². The zero-order valence-corrected chi connectivity index (χ0v) is 10.8. The first-order valence-corrected chi connectivity index (χ1v) is 6.01. The van der Waals surface area contributed by atoms with E-state index in [9.17, 15) is 9.59 Å². The zero-order valence-electron chi connectivity index (χ0n) is 10.8. The minimum absolute atomic E-state index is 0.203. The fraction of sp³-hybridized carbons (Fsp3) is 0.538. The van der Waals surface area contributed by atoms with Crippen molar-refractivity contribution in [3.63, 3.8) is 0 Å². The summed E-state index contributed by atoms with van der Waals surface area (Å²) in [6.07, 6.45) is 1.81. The van der Waals surface area contributed by atoms with E-state index in [4.69, 9.17) is 9.47 Å². The lowest BCUT2D eigenvalue weighted by Crippen LogP contribution is -2.10. The number of rotatable bonds is 8. The molecule has 0 amide bonds. The van der Waals surface area contributed by atoms with Crippen LogP contribution in [0.5, 0.6) is 0 Å². The smallest absolute Gasteiger partial charge is 0.305 e. The maximum absolute atomic E-state index is 11.2. The maximum atomic E-state index is 11.2. The second kappa shape index (κ2) is 7.66. The number of esters is 1. The first-order valence-electron chi connectivity index (χ1n) is 6.01. The maximum Gasteiger partial charge on any atom is 0.305 e. The zero-order chi connectivity index (χ0) is 13.4. The van der Waals surface area contributed by atoms with Crippen LogP contribution >= 0.6 is 0 Å². The normalized spacial score (nSPS) is 10.3. The first kappa shape index (κ1) is 14.4. The molecular weight excluding hydrogens is 234 g/mol. The highest BCUT2D eigenvalue weighted by Gasteiger charge is 2.08. The molecule has 5 heteroatoms. The highest BCUT2D eigenvalue weighted by Crippen LogP contribution is 2.11. The predicted octanol–water partition coefficient (Wildman–Crippen LogP) is 1.79. The van der Waals surface area contributed by atoms with Gasteiger partial charge < -0.3 is 14.0 Å². The summed E-state index contributed by atoms with van der Waals surface area (Å²) in [5.41, 5.74) is 1.54. The Morgan fingerprint density at radius 1 is 1.44 bits per heavy atom. The molecule has 1 aromatic heterocycles. The van der Waals surface area contributed by atoms with Crippen LogP contribution in [0.1, 0.15) is 35.9 Å². The molecule has 0 N–H and O–H groups in total. The number of ether oxygens (including phenoxy) is 2. The van der Waals surface area contributed by atoms with Gasteiger partial charge >= 0.3 is 5.97 Å². The lowest BCUT2D eigenvalue weighted by molar-refractivity contribution is -0.143. The molecular formula is C13H19NO4. The molecule has 0 saturated heterocycles. The van der Waals surface area contributed by atoms with E-state index < -0.39 is 0 Å². The highest BCUT2D eigenvalue weighted by atomic mass is 16.5. The molecule has 1 heterocycles. The number of carbonyl (C=O) groups is 2.